The minimum absolute atomic E-state index is 1.10. The van der Waals surface area contributed by atoms with E-state index in [1.54, 1.807) is 0 Å². The standard InChI is InChI=1S/C10H16/c1-5-6-7-10(4)8-9(2)3/h6-8H,2,5H2,1,3-4H3. The molecule has 0 aliphatic heterocycles. The maximum atomic E-state index is 3.79. The molecule has 10 heavy (non-hydrogen) atoms. The third-order valence-electron chi connectivity index (χ3n) is 1.09. The summed E-state index contributed by atoms with van der Waals surface area (Å²) in [5.74, 6) is 0. The molecular formula is C10H16. The van der Waals surface area contributed by atoms with Crippen molar-refractivity contribution in [1.29, 1.82) is 0 Å². The van der Waals surface area contributed by atoms with Crippen molar-refractivity contribution in [1.82, 2.24) is 0 Å². The molecule has 0 saturated carbocycles. The molecule has 0 aromatic rings. The molecule has 0 heterocycles. The third-order valence-corrected chi connectivity index (χ3v) is 1.09. The Morgan fingerprint density at radius 1 is 1.40 bits per heavy atom. The quantitative estimate of drug-likeness (QED) is 0.521. The number of hydrogen-bond acceptors (Lipinski definition) is 0. The molecule has 0 heteroatoms. The summed E-state index contributed by atoms with van der Waals surface area (Å²) in [5.41, 5.74) is 2.38. The summed E-state index contributed by atoms with van der Waals surface area (Å²) < 4.78 is 0. The highest BCUT2D eigenvalue weighted by atomic mass is 13.9. The average Bonchev–Trinajstić information content (AvgIpc) is 1.82. The van der Waals surface area contributed by atoms with Gasteiger partial charge in [-0.1, -0.05) is 42.9 Å². The molecule has 0 nitrogen and oxygen atoms in total. The SMILES string of the molecule is C=C(C)C=C(C)C=CCC. The Morgan fingerprint density at radius 2 is 2.00 bits per heavy atom. The molecule has 0 unspecified atom stereocenters. The predicted molar refractivity (Wildman–Crippen MR) is 48.0 cm³/mol. The Bertz CT molecular complexity index is 159. The van der Waals surface area contributed by atoms with Crippen molar-refractivity contribution in [2.75, 3.05) is 0 Å². The van der Waals surface area contributed by atoms with Crippen LogP contribution in [0.15, 0.2) is 36.0 Å². The van der Waals surface area contributed by atoms with Crippen LogP contribution >= 0.6 is 0 Å². The molecule has 0 aliphatic rings. The summed E-state index contributed by atoms with van der Waals surface area (Å²) in [7, 11) is 0. The summed E-state index contributed by atoms with van der Waals surface area (Å²) in [6.45, 7) is 10.0. The van der Waals surface area contributed by atoms with Crippen LogP contribution in [0.1, 0.15) is 27.2 Å². The van der Waals surface area contributed by atoms with E-state index in [9.17, 15) is 0 Å². The van der Waals surface area contributed by atoms with Crippen molar-refractivity contribution in [3.63, 3.8) is 0 Å². The number of rotatable bonds is 3. The molecule has 0 aromatic heterocycles. The first-order valence-electron chi connectivity index (χ1n) is 3.67. The van der Waals surface area contributed by atoms with E-state index in [2.05, 4.69) is 38.7 Å². The first-order chi connectivity index (χ1) is 4.66. The predicted octanol–water partition coefficient (Wildman–Crippen LogP) is 3.48. The summed E-state index contributed by atoms with van der Waals surface area (Å²) in [5, 5.41) is 0. The zero-order valence-corrected chi connectivity index (χ0v) is 7.15. The summed E-state index contributed by atoms with van der Waals surface area (Å²) in [4.78, 5) is 0. The van der Waals surface area contributed by atoms with Gasteiger partial charge in [0.1, 0.15) is 0 Å². The maximum Gasteiger partial charge on any atom is -0.0376 e. The molecule has 0 saturated heterocycles. The van der Waals surface area contributed by atoms with Gasteiger partial charge in [0, 0.05) is 0 Å². The molecule has 0 radical (unpaired) electrons. The van der Waals surface area contributed by atoms with Crippen molar-refractivity contribution >= 4 is 0 Å². The number of allylic oxidation sites excluding steroid dienone is 5. The first kappa shape index (κ1) is 9.22. The van der Waals surface area contributed by atoms with Crippen molar-refractivity contribution in [2.45, 2.75) is 27.2 Å². The largest absolute Gasteiger partial charge is 0.0961 e. The molecule has 56 valence electrons. The zero-order valence-electron chi connectivity index (χ0n) is 7.15. The van der Waals surface area contributed by atoms with E-state index in [0.29, 0.717) is 0 Å². The van der Waals surface area contributed by atoms with Crippen molar-refractivity contribution in [3.8, 4) is 0 Å². The summed E-state index contributed by atoms with van der Waals surface area (Å²) in [6, 6.07) is 0. The van der Waals surface area contributed by atoms with Gasteiger partial charge in [0.05, 0.1) is 0 Å². The molecule has 0 N–H and O–H groups in total. The van der Waals surface area contributed by atoms with E-state index in [4.69, 9.17) is 0 Å². The van der Waals surface area contributed by atoms with E-state index < -0.39 is 0 Å². The molecule has 0 amide bonds. The second-order valence-electron chi connectivity index (χ2n) is 2.55. The van der Waals surface area contributed by atoms with Crippen LogP contribution in [-0.2, 0) is 0 Å². The van der Waals surface area contributed by atoms with Crippen LogP contribution in [-0.4, -0.2) is 0 Å². The summed E-state index contributed by atoms with van der Waals surface area (Å²) >= 11 is 0. The first-order valence-corrected chi connectivity index (χ1v) is 3.67. The Morgan fingerprint density at radius 3 is 2.40 bits per heavy atom. The van der Waals surface area contributed by atoms with E-state index in [1.807, 2.05) is 6.92 Å². The zero-order chi connectivity index (χ0) is 7.98. The Kier molecular flexibility index (Phi) is 4.65. The fourth-order valence-corrected chi connectivity index (χ4v) is 0.741. The van der Waals surface area contributed by atoms with E-state index in [0.717, 1.165) is 12.0 Å². The Hall–Kier alpha value is -0.780. The highest BCUT2D eigenvalue weighted by Crippen LogP contribution is 2.00. The van der Waals surface area contributed by atoms with Gasteiger partial charge < -0.3 is 0 Å². The van der Waals surface area contributed by atoms with Crippen molar-refractivity contribution in [2.24, 2.45) is 0 Å². The van der Waals surface area contributed by atoms with Crippen LogP contribution in [0.2, 0.25) is 0 Å². The Labute approximate surface area is 64.0 Å². The van der Waals surface area contributed by atoms with Gasteiger partial charge in [-0.15, -0.1) is 0 Å². The second kappa shape index (κ2) is 5.04. The van der Waals surface area contributed by atoms with Gasteiger partial charge in [-0.05, 0) is 20.3 Å². The molecule has 0 rings (SSSR count). The van der Waals surface area contributed by atoms with Gasteiger partial charge in [0.25, 0.3) is 0 Å². The van der Waals surface area contributed by atoms with Crippen LogP contribution in [0.5, 0.6) is 0 Å². The van der Waals surface area contributed by atoms with Crippen LogP contribution < -0.4 is 0 Å². The monoisotopic (exact) mass is 136 g/mol. The van der Waals surface area contributed by atoms with Gasteiger partial charge >= 0.3 is 0 Å². The average molecular weight is 136 g/mol. The fraction of sp³-hybridized carbons (Fsp3) is 0.400. The van der Waals surface area contributed by atoms with Crippen molar-refractivity contribution < 1.29 is 0 Å². The van der Waals surface area contributed by atoms with E-state index >= 15 is 0 Å². The van der Waals surface area contributed by atoms with Crippen LogP contribution in [0.4, 0.5) is 0 Å². The lowest BCUT2D eigenvalue weighted by Crippen LogP contribution is -1.69. The lowest BCUT2D eigenvalue weighted by molar-refractivity contribution is 1.22. The Balaban J connectivity index is 3.94. The van der Waals surface area contributed by atoms with Crippen LogP contribution in [0.25, 0.3) is 0 Å². The van der Waals surface area contributed by atoms with Crippen LogP contribution in [0, 0.1) is 0 Å². The highest BCUT2D eigenvalue weighted by Gasteiger charge is 1.79. The van der Waals surface area contributed by atoms with Gasteiger partial charge in [-0.3, -0.25) is 0 Å². The minimum Gasteiger partial charge on any atom is -0.0961 e. The normalized spacial score (nSPS) is 12.5. The van der Waals surface area contributed by atoms with E-state index in [1.165, 1.54) is 5.57 Å². The van der Waals surface area contributed by atoms with E-state index in [-0.39, 0.29) is 0 Å². The van der Waals surface area contributed by atoms with Gasteiger partial charge in [0.15, 0.2) is 0 Å². The van der Waals surface area contributed by atoms with Crippen LogP contribution in [0.3, 0.4) is 0 Å². The molecule has 0 aliphatic carbocycles. The van der Waals surface area contributed by atoms with Crippen molar-refractivity contribution in [3.05, 3.63) is 36.0 Å². The molecule has 0 fully saturated rings. The highest BCUT2D eigenvalue weighted by molar-refractivity contribution is 5.25. The smallest absolute Gasteiger partial charge is 0.0376 e. The maximum absolute atomic E-state index is 3.79. The van der Waals surface area contributed by atoms with Gasteiger partial charge in [0.2, 0.25) is 0 Å². The number of hydrogen-bond donors (Lipinski definition) is 0. The third kappa shape index (κ3) is 5.36. The molecule has 0 aromatic carbocycles. The fourth-order valence-electron chi connectivity index (χ4n) is 0.741. The minimum atomic E-state index is 1.10. The van der Waals surface area contributed by atoms with Gasteiger partial charge in [-0.2, -0.15) is 0 Å². The molecule has 0 atom stereocenters. The molecule has 0 spiro atoms. The lowest BCUT2D eigenvalue weighted by Gasteiger charge is -1.90. The summed E-state index contributed by atoms with van der Waals surface area (Å²) in [6.07, 6.45) is 7.44. The second-order valence-corrected chi connectivity index (χ2v) is 2.55. The van der Waals surface area contributed by atoms with Gasteiger partial charge in [-0.25, -0.2) is 0 Å². The lowest BCUT2D eigenvalue weighted by atomic mass is 10.2. The topological polar surface area (TPSA) is 0 Å². The molecular weight excluding hydrogens is 120 g/mol. The molecule has 0 bridgehead atoms.